The third kappa shape index (κ3) is 5.30. The van der Waals surface area contributed by atoms with Crippen molar-refractivity contribution >= 4 is 40.6 Å². The Morgan fingerprint density at radius 2 is 2.23 bits per heavy atom. The Hall–Kier alpha value is -1.61. The first-order valence-electron chi connectivity index (χ1n) is 6.00. The number of ether oxygens (including phenoxy) is 1. The predicted octanol–water partition coefficient (Wildman–Crippen LogP) is 3.86. The van der Waals surface area contributed by atoms with Gasteiger partial charge in [0.05, 0.1) is 0 Å². The molecule has 10 heteroatoms. The van der Waals surface area contributed by atoms with E-state index in [1.54, 1.807) is 18.2 Å². The molecular formula is C12H10ClF3N2O3S. The van der Waals surface area contributed by atoms with E-state index in [1.165, 1.54) is 11.8 Å². The van der Waals surface area contributed by atoms with Gasteiger partial charge in [0.25, 0.3) is 5.22 Å². The van der Waals surface area contributed by atoms with E-state index in [1.807, 2.05) is 0 Å². The Kier molecular flexibility index (Phi) is 5.41. The summed E-state index contributed by atoms with van der Waals surface area (Å²) >= 11 is 7.03. The minimum Gasteiger partial charge on any atom is -0.440 e. The number of hydrogen-bond acceptors (Lipinski definition) is 5. The summed E-state index contributed by atoms with van der Waals surface area (Å²) in [6.07, 6.45) is -5.66. The molecule has 1 amide bonds. The van der Waals surface area contributed by atoms with Gasteiger partial charge in [-0.2, -0.15) is 13.2 Å². The van der Waals surface area contributed by atoms with Crippen LogP contribution in [-0.2, 0) is 4.74 Å². The number of thioether (sulfide) groups is 1. The number of nitrogens with one attached hydrogen (secondary N) is 1. The zero-order chi connectivity index (χ0) is 16.2. The molecule has 0 fully saturated rings. The van der Waals surface area contributed by atoms with E-state index in [9.17, 15) is 18.0 Å². The largest absolute Gasteiger partial charge is 0.440 e. The summed E-state index contributed by atoms with van der Waals surface area (Å²) in [5.74, 6) is 0.363. The summed E-state index contributed by atoms with van der Waals surface area (Å²) in [5, 5.41) is 3.11. The molecule has 1 aromatic heterocycles. The van der Waals surface area contributed by atoms with Crippen molar-refractivity contribution in [2.24, 2.45) is 0 Å². The van der Waals surface area contributed by atoms with Crippen LogP contribution in [0.25, 0.3) is 11.1 Å². The number of carbonyl (C=O) groups is 1. The summed E-state index contributed by atoms with van der Waals surface area (Å²) in [7, 11) is 0. The van der Waals surface area contributed by atoms with Crippen molar-refractivity contribution in [1.82, 2.24) is 10.3 Å². The molecular weight excluding hydrogens is 345 g/mol. The fourth-order valence-corrected chi connectivity index (χ4v) is 2.29. The third-order valence-electron chi connectivity index (χ3n) is 2.29. The second kappa shape index (κ2) is 7.10. The van der Waals surface area contributed by atoms with Crippen LogP contribution in [0.4, 0.5) is 18.0 Å². The molecule has 120 valence electrons. The molecule has 0 unspecified atom stereocenters. The maximum absolute atomic E-state index is 11.8. The highest BCUT2D eigenvalue weighted by atomic mass is 35.5. The van der Waals surface area contributed by atoms with Crippen LogP contribution in [-0.4, -0.2) is 36.2 Å². The van der Waals surface area contributed by atoms with Gasteiger partial charge in [-0.05, 0) is 18.2 Å². The zero-order valence-corrected chi connectivity index (χ0v) is 12.5. The summed E-state index contributed by atoms with van der Waals surface area (Å²) in [6, 6.07) is 5.00. The molecule has 1 heterocycles. The standard InChI is InChI=1S/C12H10ClF3N2O3S/c13-7-1-2-9-8(5-7)18-11(21-9)22-4-3-17-10(19)20-6-12(14,15)16/h1-2,5H,3-4,6H2,(H,17,19). The molecule has 0 aliphatic carbocycles. The maximum atomic E-state index is 11.8. The number of amides is 1. The molecule has 0 saturated carbocycles. The van der Waals surface area contributed by atoms with Gasteiger partial charge in [0, 0.05) is 17.3 Å². The lowest BCUT2D eigenvalue weighted by Gasteiger charge is -2.08. The van der Waals surface area contributed by atoms with E-state index >= 15 is 0 Å². The molecule has 0 radical (unpaired) electrons. The molecule has 1 N–H and O–H groups in total. The van der Waals surface area contributed by atoms with E-state index in [2.05, 4.69) is 15.0 Å². The third-order valence-corrected chi connectivity index (χ3v) is 3.36. The van der Waals surface area contributed by atoms with E-state index in [0.717, 1.165) is 0 Å². The molecule has 0 aliphatic heterocycles. The van der Waals surface area contributed by atoms with Crippen molar-refractivity contribution in [3.8, 4) is 0 Å². The number of rotatable bonds is 5. The average Bonchev–Trinajstić information content (AvgIpc) is 2.82. The van der Waals surface area contributed by atoms with Gasteiger partial charge in [-0.15, -0.1) is 0 Å². The van der Waals surface area contributed by atoms with Crippen molar-refractivity contribution in [2.75, 3.05) is 18.9 Å². The molecule has 0 atom stereocenters. The van der Waals surface area contributed by atoms with E-state index in [4.69, 9.17) is 16.0 Å². The van der Waals surface area contributed by atoms with E-state index in [-0.39, 0.29) is 6.54 Å². The van der Waals surface area contributed by atoms with Crippen LogP contribution in [0.3, 0.4) is 0 Å². The lowest BCUT2D eigenvalue weighted by atomic mass is 10.3. The van der Waals surface area contributed by atoms with Crippen molar-refractivity contribution < 1.29 is 27.1 Å². The normalized spacial score (nSPS) is 11.6. The van der Waals surface area contributed by atoms with Crippen LogP contribution in [0.15, 0.2) is 27.8 Å². The number of hydrogen-bond donors (Lipinski definition) is 1. The molecule has 1 aromatic carbocycles. The minimum atomic E-state index is -4.54. The number of alkyl halides is 3. The van der Waals surface area contributed by atoms with E-state index < -0.39 is 18.9 Å². The Bertz CT molecular complexity index is 663. The van der Waals surface area contributed by atoms with Crippen molar-refractivity contribution in [3.63, 3.8) is 0 Å². The van der Waals surface area contributed by atoms with Gasteiger partial charge >= 0.3 is 12.3 Å². The molecule has 22 heavy (non-hydrogen) atoms. The van der Waals surface area contributed by atoms with Gasteiger partial charge in [-0.25, -0.2) is 9.78 Å². The van der Waals surface area contributed by atoms with Crippen molar-refractivity contribution in [2.45, 2.75) is 11.4 Å². The SMILES string of the molecule is O=C(NCCSc1nc2cc(Cl)ccc2o1)OCC(F)(F)F. The minimum absolute atomic E-state index is 0.112. The molecule has 0 spiro atoms. The monoisotopic (exact) mass is 354 g/mol. The number of benzene rings is 1. The topological polar surface area (TPSA) is 64.4 Å². The van der Waals surface area contributed by atoms with Crippen LogP contribution < -0.4 is 5.32 Å². The lowest BCUT2D eigenvalue weighted by molar-refractivity contribution is -0.160. The number of nitrogens with zero attached hydrogens (tertiary/aromatic N) is 1. The first-order chi connectivity index (χ1) is 10.3. The van der Waals surface area contributed by atoms with Gasteiger partial charge in [-0.1, -0.05) is 23.4 Å². The lowest BCUT2D eigenvalue weighted by Crippen LogP contribution is -2.30. The van der Waals surface area contributed by atoms with Gasteiger partial charge in [0.15, 0.2) is 12.2 Å². The first-order valence-corrected chi connectivity index (χ1v) is 7.36. The quantitative estimate of drug-likeness (QED) is 0.652. The van der Waals surface area contributed by atoms with Gasteiger partial charge < -0.3 is 14.5 Å². The van der Waals surface area contributed by atoms with Crippen LogP contribution in [0.1, 0.15) is 0 Å². The highest BCUT2D eigenvalue weighted by Crippen LogP contribution is 2.25. The Balaban J connectivity index is 1.72. The predicted molar refractivity (Wildman–Crippen MR) is 75.1 cm³/mol. The van der Waals surface area contributed by atoms with Crippen molar-refractivity contribution in [3.05, 3.63) is 23.2 Å². The van der Waals surface area contributed by atoms with Crippen LogP contribution in [0.2, 0.25) is 5.02 Å². The van der Waals surface area contributed by atoms with Gasteiger partial charge in [0.2, 0.25) is 0 Å². The molecule has 5 nitrogen and oxygen atoms in total. The number of fused-ring (bicyclic) bond motifs is 1. The summed E-state index contributed by atoms with van der Waals surface area (Å²) < 4.78 is 44.9. The molecule has 2 rings (SSSR count). The molecule has 0 saturated heterocycles. The fraction of sp³-hybridized carbons (Fsp3) is 0.333. The summed E-state index contributed by atoms with van der Waals surface area (Å²) in [4.78, 5) is 15.2. The van der Waals surface area contributed by atoms with Gasteiger partial charge in [0.1, 0.15) is 5.52 Å². The van der Waals surface area contributed by atoms with Crippen molar-refractivity contribution in [1.29, 1.82) is 0 Å². The highest BCUT2D eigenvalue weighted by molar-refractivity contribution is 7.99. The van der Waals surface area contributed by atoms with E-state index in [0.29, 0.717) is 27.1 Å². The Morgan fingerprint density at radius 1 is 1.45 bits per heavy atom. The second-order valence-corrected chi connectivity index (χ2v) is 5.54. The number of carbonyl (C=O) groups excluding carboxylic acids is 1. The number of alkyl carbamates (subject to hydrolysis) is 1. The molecule has 0 aliphatic rings. The van der Waals surface area contributed by atoms with Crippen LogP contribution >= 0.6 is 23.4 Å². The number of aromatic nitrogens is 1. The number of oxazole rings is 1. The highest BCUT2D eigenvalue weighted by Gasteiger charge is 2.29. The smallest absolute Gasteiger partial charge is 0.422 e. The fourth-order valence-electron chi connectivity index (χ4n) is 1.43. The first kappa shape index (κ1) is 16.8. The Morgan fingerprint density at radius 3 is 2.95 bits per heavy atom. The second-order valence-electron chi connectivity index (χ2n) is 4.06. The molecule has 0 bridgehead atoms. The summed E-state index contributed by atoms with van der Waals surface area (Å²) in [5.41, 5.74) is 1.18. The van der Waals surface area contributed by atoms with Gasteiger partial charge in [-0.3, -0.25) is 0 Å². The number of halogens is 4. The maximum Gasteiger partial charge on any atom is 0.422 e. The summed E-state index contributed by atoms with van der Waals surface area (Å²) in [6.45, 7) is -1.50. The van der Waals surface area contributed by atoms with Crippen LogP contribution in [0.5, 0.6) is 0 Å². The molecule has 2 aromatic rings. The average molecular weight is 355 g/mol. The zero-order valence-electron chi connectivity index (χ0n) is 10.9. The van der Waals surface area contributed by atoms with Crippen LogP contribution in [0, 0.1) is 0 Å². The Labute approximate surface area is 132 Å².